The summed E-state index contributed by atoms with van der Waals surface area (Å²) in [6, 6.07) is 16.8. The van der Waals surface area contributed by atoms with Crippen molar-refractivity contribution in [3.05, 3.63) is 99.2 Å². The van der Waals surface area contributed by atoms with Gasteiger partial charge in [-0.25, -0.2) is 4.79 Å². The minimum absolute atomic E-state index is 0.0389. The summed E-state index contributed by atoms with van der Waals surface area (Å²) in [4.78, 5) is 25.5. The molecule has 0 bridgehead atoms. The van der Waals surface area contributed by atoms with Crippen molar-refractivity contribution in [1.29, 1.82) is 5.26 Å². The lowest BCUT2D eigenvalue weighted by atomic mass is 9.82. The van der Waals surface area contributed by atoms with Crippen LogP contribution in [0.15, 0.2) is 83.1 Å². The number of carbonyl (C=O) groups excluding carboxylic acids is 2. The molecule has 0 fully saturated rings. The average Bonchev–Trinajstić information content (AvgIpc) is 2.81. The quantitative estimate of drug-likeness (QED) is 0.375. The van der Waals surface area contributed by atoms with E-state index in [1.54, 1.807) is 31.2 Å². The minimum Gasteiger partial charge on any atom is -0.458 e. The van der Waals surface area contributed by atoms with Gasteiger partial charge in [-0.15, -0.1) is 0 Å². The van der Waals surface area contributed by atoms with Crippen LogP contribution in [0, 0.1) is 18.3 Å². The lowest BCUT2D eigenvalue weighted by molar-refractivity contribution is -0.138. The van der Waals surface area contributed by atoms with Crippen LogP contribution >= 0.6 is 23.4 Å². The second kappa shape index (κ2) is 11.6. The number of benzene rings is 2. The smallest absolute Gasteiger partial charge is 0.337 e. The third kappa shape index (κ3) is 5.90. The molecule has 0 unspecified atom stereocenters. The molecule has 1 aliphatic heterocycles. The molecule has 0 radical (unpaired) electrons. The molecule has 0 saturated heterocycles. The monoisotopic (exact) mass is 493 g/mol. The summed E-state index contributed by atoms with van der Waals surface area (Å²) >= 11 is 7.66. The molecule has 0 aliphatic carbocycles. The van der Waals surface area contributed by atoms with Gasteiger partial charge in [-0.2, -0.15) is 5.26 Å². The van der Waals surface area contributed by atoms with Crippen molar-refractivity contribution in [2.24, 2.45) is 0 Å². The number of allylic oxidation sites excluding steroid dienone is 2. The maximum atomic E-state index is 12.9. The molecular weight excluding hydrogens is 470 g/mol. The van der Waals surface area contributed by atoms with E-state index >= 15 is 0 Å². The summed E-state index contributed by atoms with van der Waals surface area (Å²) in [6.45, 7) is 7.29. The predicted octanol–water partition coefficient (Wildman–Crippen LogP) is 5.45. The van der Waals surface area contributed by atoms with E-state index in [2.05, 4.69) is 23.3 Å². The molecule has 3 rings (SSSR count). The number of nitrogens with one attached hydrogen (secondary N) is 2. The van der Waals surface area contributed by atoms with E-state index in [4.69, 9.17) is 16.3 Å². The first-order valence-corrected chi connectivity index (χ1v) is 11.9. The molecule has 2 aromatic carbocycles. The van der Waals surface area contributed by atoms with Gasteiger partial charge >= 0.3 is 5.97 Å². The Morgan fingerprint density at radius 2 is 2.03 bits per heavy atom. The Labute approximate surface area is 208 Å². The molecule has 1 amide bonds. The number of rotatable bonds is 8. The van der Waals surface area contributed by atoms with Gasteiger partial charge in [0.1, 0.15) is 6.61 Å². The van der Waals surface area contributed by atoms with Crippen molar-refractivity contribution in [2.45, 2.75) is 19.8 Å². The Morgan fingerprint density at radius 1 is 1.26 bits per heavy atom. The molecule has 1 heterocycles. The van der Waals surface area contributed by atoms with E-state index in [0.717, 1.165) is 5.56 Å². The molecule has 174 valence electrons. The SMILES string of the molecule is C=CCOC(=O)C1=C(C)NC(SCC(=O)Nc2cccc(C)c2)=C(C#N)[C@H]1c1ccccc1Cl. The van der Waals surface area contributed by atoms with Gasteiger partial charge in [-0.1, -0.05) is 66.3 Å². The van der Waals surface area contributed by atoms with Crippen LogP contribution in [-0.2, 0) is 14.3 Å². The lowest BCUT2D eigenvalue weighted by Crippen LogP contribution is -2.29. The highest BCUT2D eigenvalue weighted by molar-refractivity contribution is 8.03. The van der Waals surface area contributed by atoms with E-state index in [0.29, 0.717) is 32.6 Å². The van der Waals surface area contributed by atoms with Crippen molar-refractivity contribution < 1.29 is 14.3 Å². The van der Waals surface area contributed by atoms with Crippen LogP contribution in [0.3, 0.4) is 0 Å². The molecule has 1 aliphatic rings. The third-order valence-corrected chi connectivity index (χ3v) is 6.43. The fraction of sp³-hybridized carbons (Fsp3) is 0.192. The van der Waals surface area contributed by atoms with Crippen molar-refractivity contribution in [1.82, 2.24) is 5.32 Å². The van der Waals surface area contributed by atoms with E-state index in [1.165, 1.54) is 17.8 Å². The summed E-state index contributed by atoms with van der Waals surface area (Å²) in [6.07, 6.45) is 1.48. The lowest BCUT2D eigenvalue weighted by Gasteiger charge is -2.29. The van der Waals surface area contributed by atoms with Gasteiger partial charge in [0.25, 0.3) is 0 Å². The highest BCUT2D eigenvalue weighted by Crippen LogP contribution is 2.43. The molecule has 6 nitrogen and oxygen atoms in total. The van der Waals surface area contributed by atoms with Crippen LogP contribution in [0.5, 0.6) is 0 Å². The Morgan fingerprint density at radius 3 is 2.71 bits per heavy atom. The summed E-state index contributed by atoms with van der Waals surface area (Å²) in [5, 5.41) is 17.0. The van der Waals surface area contributed by atoms with Crippen LogP contribution in [0.25, 0.3) is 0 Å². The number of esters is 1. The normalized spacial score (nSPS) is 15.3. The maximum Gasteiger partial charge on any atom is 0.337 e. The Bertz CT molecular complexity index is 1230. The first-order valence-electron chi connectivity index (χ1n) is 10.5. The van der Waals surface area contributed by atoms with Gasteiger partial charge in [0.2, 0.25) is 5.91 Å². The number of thioether (sulfide) groups is 1. The Kier molecular flexibility index (Phi) is 8.58. The summed E-state index contributed by atoms with van der Waals surface area (Å²) < 4.78 is 5.29. The van der Waals surface area contributed by atoms with Gasteiger partial charge in [-0.3, -0.25) is 4.79 Å². The van der Waals surface area contributed by atoms with Gasteiger partial charge in [-0.05, 0) is 43.2 Å². The second-order valence-electron chi connectivity index (χ2n) is 7.57. The van der Waals surface area contributed by atoms with E-state index < -0.39 is 11.9 Å². The molecule has 0 spiro atoms. The van der Waals surface area contributed by atoms with Crippen LogP contribution < -0.4 is 10.6 Å². The van der Waals surface area contributed by atoms with Crippen molar-refractivity contribution in [2.75, 3.05) is 17.7 Å². The van der Waals surface area contributed by atoms with Gasteiger partial charge in [0, 0.05) is 16.4 Å². The minimum atomic E-state index is -0.736. The number of nitriles is 1. The highest BCUT2D eigenvalue weighted by Gasteiger charge is 2.36. The van der Waals surface area contributed by atoms with Crippen molar-refractivity contribution in [3.8, 4) is 6.07 Å². The number of hydrogen-bond donors (Lipinski definition) is 2. The number of amides is 1. The van der Waals surface area contributed by atoms with Crippen LogP contribution in [0.4, 0.5) is 5.69 Å². The molecule has 0 saturated carbocycles. The van der Waals surface area contributed by atoms with Gasteiger partial charge in [0.05, 0.1) is 33.9 Å². The van der Waals surface area contributed by atoms with E-state index in [-0.39, 0.29) is 23.8 Å². The number of carbonyl (C=O) groups is 2. The number of dihydropyridines is 1. The van der Waals surface area contributed by atoms with Crippen molar-refractivity contribution >= 4 is 40.9 Å². The number of hydrogen-bond acceptors (Lipinski definition) is 6. The molecule has 0 aromatic heterocycles. The molecular formula is C26H24ClN3O3S. The van der Waals surface area contributed by atoms with E-state index in [1.807, 2.05) is 31.2 Å². The van der Waals surface area contributed by atoms with Crippen LogP contribution in [0.2, 0.25) is 5.02 Å². The zero-order valence-corrected chi connectivity index (χ0v) is 20.4. The number of aryl methyl sites for hydroxylation is 1. The molecule has 34 heavy (non-hydrogen) atoms. The van der Waals surface area contributed by atoms with Crippen molar-refractivity contribution in [3.63, 3.8) is 0 Å². The average molecular weight is 494 g/mol. The summed E-state index contributed by atoms with van der Waals surface area (Å²) in [7, 11) is 0. The fourth-order valence-corrected chi connectivity index (χ4v) is 4.72. The molecule has 2 N–H and O–H groups in total. The number of nitrogens with zero attached hydrogens (tertiary/aromatic N) is 1. The number of anilines is 1. The van der Waals surface area contributed by atoms with Crippen LogP contribution in [0.1, 0.15) is 24.0 Å². The maximum absolute atomic E-state index is 12.9. The van der Waals surface area contributed by atoms with Crippen LogP contribution in [-0.4, -0.2) is 24.2 Å². The predicted molar refractivity (Wildman–Crippen MR) is 136 cm³/mol. The van der Waals surface area contributed by atoms with Gasteiger partial charge < -0.3 is 15.4 Å². The second-order valence-corrected chi connectivity index (χ2v) is 8.96. The fourth-order valence-electron chi connectivity index (χ4n) is 3.59. The zero-order chi connectivity index (χ0) is 24.7. The first-order chi connectivity index (χ1) is 16.3. The number of ether oxygens (including phenoxy) is 1. The van der Waals surface area contributed by atoms with Gasteiger partial charge in [0.15, 0.2) is 0 Å². The zero-order valence-electron chi connectivity index (χ0n) is 18.9. The molecule has 1 atom stereocenters. The summed E-state index contributed by atoms with van der Waals surface area (Å²) in [5.41, 5.74) is 3.45. The Hall–Kier alpha value is -3.47. The summed E-state index contributed by atoms with van der Waals surface area (Å²) in [5.74, 6) is -1.45. The Balaban J connectivity index is 1.92. The number of halogens is 1. The molecule has 8 heteroatoms. The third-order valence-electron chi connectivity index (χ3n) is 5.07. The standard InChI is InChI=1S/C26H24ClN3O3S/c1-4-12-33-26(32)23-17(3)29-25(20(14-28)24(23)19-10-5-6-11-21(19)27)34-15-22(31)30-18-9-7-8-16(2)13-18/h4-11,13,24,29H,1,12,15H2,2-3H3,(H,30,31)/t24-/m1/s1. The largest absolute Gasteiger partial charge is 0.458 e. The highest BCUT2D eigenvalue weighted by atomic mass is 35.5. The first kappa shape index (κ1) is 25.2. The molecule has 2 aromatic rings. The topological polar surface area (TPSA) is 91.2 Å². The van der Waals surface area contributed by atoms with E-state index in [9.17, 15) is 14.9 Å².